The normalized spacial score (nSPS) is 19.2. The Labute approximate surface area is 110 Å². The van der Waals surface area contributed by atoms with Crippen LogP contribution in [-0.2, 0) is 9.47 Å². The van der Waals surface area contributed by atoms with Crippen LogP contribution in [0.3, 0.4) is 0 Å². The van der Waals surface area contributed by atoms with E-state index in [-0.39, 0.29) is 5.78 Å². The third-order valence-corrected chi connectivity index (χ3v) is 3.50. The maximum absolute atomic E-state index is 12.5. The summed E-state index contributed by atoms with van der Waals surface area (Å²) in [6.45, 7) is 3.62. The Morgan fingerprint density at radius 3 is 2.26 bits per heavy atom. The molecule has 2 aromatic carbocycles. The molecule has 0 saturated carbocycles. The highest BCUT2D eigenvalue weighted by atomic mass is 16.7. The highest BCUT2D eigenvalue weighted by Crippen LogP contribution is 2.44. The lowest BCUT2D eigenvalue weighted by Crippen LogP contribution is -2.21. The minimum Gasteiger partial charge on any atom is -0.448 e. The molecule has 0 spiro atoms. The summed E-state index contributed by atoms with van der Waals surface area (Å²) in [5.74, 6) is 0.0187. The number of allylic oxidation sites excluding steroid dienone is 1. The summed E-state index contributed by atoms with van der Waals surface area (Å²) in [4.78, 5) is 12.5. The molecule has 94 valence electrons. The second-order valence-corrected chi connectivity index (χ2v) is 5.30. The zero-order valence-electron chi connectivity index (χ0n) is 10.7. The lowest BCUT2D eigenvalue weighted by molar-refractivity contribution is -0.108. The van der Waals surface area contributed by atoms with Crippen molar-refractivity contribution in [2.75, 3.05) is 0 Å². The van der Waals surface area contributed by atoms with Crippen LogP contribution in [0.5, 0.6) is 0 Å². The Morgan fingerprint density at radius 1 is 0.895 bits per heavy atom. The van der Waals surface area contributed by atoms with Crippen LogP contribution in [0.25, 0.3) is 16.5 Å². The van der Waals surface area contributed by atoms with Crippen molar-refractivity contribution in [1.29, 1.82) is 0 Å². The number of rotatable bonds is 0. The number of carbonyl (C=O) groups excluding carboxylic acids is 1. The van der Waals surface area contributed by atoms with Crippen LogP contribution in [0.15, 0.2) is 42.2 Å². The number of benzene rings is 2. The van der Waals surface area contributed by atoms with Crippen LogP contribution >= 0.6 is 0 Å². The molecule has 0 fully saturated rings. The van der Waals surface area contributed by atoms with Crippen LogP contribution in [0.1, 0.15) is 29.8 Å². The summed E-state index contributed by atoms with van der Waals surface area (Å²) < 4.78 is 11.5. The predicted molar refractivity (Wildman–Crippen MR) is 71.4 cm³/mol. The molecule has 0 saturated heterocycles. The first-order valence-corrected chi connectivity index (χ1v) is 6.26. The molecular weight excluding hydrogens is 240 g/mol. The van der Waals surface area contributed by atoms with Gasteiger partial charge in [-0.15, -0.1) is 0 Å². The van der Waals surface area contributed by atoms with Crippen LogP contribution in [0.2, 0.25) is 0 Å². The second kappa shape index (κ2) is 3.18. The molecule has 0 atom stereocenters. The van der Waals surface area contributed by atoms with Crippen molar-refractivity contribution >= 4 is 22.3 Å². The molecule has 1 aliphatic carbocycles. The summed E-state index contributed by atoms with van der Waals surface area (Å²) in [6.07, 6.45) is 0. The van der Waals surface area contributed by atoms with E-state index < -0.39 is 5.79 Å². The molecule has 0 aromatic heterocycles. The van der Waals surface area contributed by atoms with Gasteiger partial charge in [0.05, 0.1) is 0 Å². The molecular formula is C16H12O3. The fourth-order valence-corrected chi connectivity index (χ4v) is 2.77. The number of Topliss-reactive ketones (excluding diaryl/α,β-unsaturated/α-hetero) is 1. The van der Waals surface area contributed by atoms with Gasteiger partial charge in [-0.1, -0.05) is 36.4 Å². The van der Waals surface area contributed by atoms with Gasteiger partial charge in [0.1, 0.15) is 0 Å². The van der Waals surface area contributed by atoms with Crippen molar-refractivity contribution in [2.45, 2.75) is 19.6 Å². The molecule has 0 radical (unpaired) electrons. The number of fused-ring (bicyclic) bond motifs is 1. The van der Waals surface area contributed by atoms with Crippen molar-refractivity contribution in [2.24, 2.45) is 0 Å². The van der Waals surface area contributed by atoms with Crippen molar-refractivity contribution in [3.8, 4) is 0 Å². The minimum atomic E-state index is -0.787. The zero-order valence-corrected chi connectivity index (χ0v) is 10.7. The van der Waals surface area contributed by atoms with Gasteiger partial charge in [-0.05, 0) is 5.39 Å². The minimum absolute atomic E-state index is 0.0927. The summed E-state index contributed by atoms with van der Waals surface area (Å²) in [5, 5.41) is 2.00. The lowest BCUT2D eigenvalue weighted by Gasteiger charge is -2.18. The topological polar surface area (TPSA) is 35.5 Å². The Balaban J connectivity index is 2.10. The molecule has 2 aromatic rings. The summed E-state index contributed by atoms with van der Waals surface area (Å²) in [6, 6.07) is 11.7. The van der Waals surface area contributed by atoms with E-state index in [2.05, 4.69) is 0 Å². The van der Waals surface area contributed by atoms with Crippen molar-refractivity contribution in [3.63, 3.8) is 0 Å². The van der Waals surface area contributed by atoms with E-state index in [0.29, 0.717) is 17.1 Å². The molecule has 0 bridgehead atoms. The van der Waals surface area contributed by atoms with Gasteiger partial charge in [-0.3, -0.25) is 4.79 Å². The molecule has 3 heteroatoms. The third-order valence-electron chi connectivity index (χ3n) is 3.50. The number of ketones is 1. The van der Waals surface area contributed by atoms with E-state index in [0.717, 1.165) is 16.3 Å². The van der Waals surface area contributed by atoms with Gasteiger partial charge in [0, 0.05) is 30.4 Å². The fourth-order valence-electron chi connectivity index (χ4n) is 2.77. The maximum atomic E-state index is 12.5. The second-order valence-electron chi connectivity index (χ2n) is 5.30. The predicted octanol–water partition coefficient (Wildman–Crippen LogP) is 3.49. The van der Waals surface area contributed by atoms with Gasteiger partial charge in [-0.2, -0.15) is 0 Å². The standard InChI is InChI=1S/C16H12O3/c1-16(2)18-14-11-8-4-6-9-5-3-7-10(12(9)11)13(17)15(14)19-16/h3-8H,1-2H3. The largest absolute Gasteiger partial charge is 0.448 e. The molecule has 0 unspecified atom stereocenters. The van der Waals surface area contributed by atoms with E-state index >= 15 is 0 Å². The van der Waals surface area contributed by atoms with Crippen LogP contribution < -0.4 is 0 Å². The van der Waals surface area contributed by atoms with E-state index in [1.165, 1.54) is 0 Å². The highest BCUT2D eigenvalue weighted by molar-refractivity contribution is 6.23. The van der Waals surface area contributed by atoms with E-state index in [4.69, 9.17) is 9.47 Å². The molecule has 0 amide bonds. The Kier molecular flexibility index (Phi) is 1.78. The number of carbonyl (C=O) groups is 1. The maximum Gasteiger partial charge on any atom is 0.246 e. The van der Waals surface area contributed by atoms with Crippen LogP contribution in [-0.4, -0.2) is 11.6 Å². The summed E-state index contributed by atoms with van der Waals surface area (Å²) >= 11 is 0. The lowest BCUT2D eigenvalue weighted by atomic mass is 9.90. The smallest absolute Gasteiger partial charge is 0.246 e. The number of hydrogen-bond donors (Lipinski definition) is 0. The summed E-state index contributed by atoms with van der Waals surface area (Å²) in [7, 11) is 0. The van der Waals surface area contributed by atoms with E-state index in [1.807, 2.05) is 50.2 Å². The van der Waals surface area contributed by atoms with E-state index in [9.17, 15) is 4.79 Å². The SMILES string of the molecule is CC1(C)OC2=C(O1)c1cccc3cccc(c13)C2=O. The number of ether oxygens (including phenoxy) is 2. The Hall–Kier alpha value is -2.29. The Morgan fingerprint density at radius 2 is 1.53 bits per heavy atom. The third kappa shape index (κ3) is 1.30. The van der Waals surface area contributed by atoms with Crippen molar-refractivity contribution in [1.82, 2.24) is 0 Å². The van der Waals surface area contributed by atoms with Gasteiger partial charge in [-0.25, -0.2) is 0 Å². The molecule has 3 nitrogen and oxygen atoms in total. The molecule has 2 aliphatic rings. The molecule has 1 aliphatic heterocycles. The first-order valence-electron chi connectivity index (χ1n) is 6.26. The van der Waals surface area contributed by atoms with Crippen LogP contribution in [0.4, 0.5) is 0 Å². The average molecular weight is 252 g/mol. The molecule has 1 heterocycles. The van der Waals surface area contributed by atoms with Gasteiger partial charge < -0.3 is 9.47 Å². The first kappa shape index (κ1) is 10.6. The van der Waals surface area contributed by atoms with Crippen LogP contribution in [0, 0.1) is 0 Å². The quantitative estimate of drug-likeness (QED) is 0.720. The van der Waals surface area contributed by atoms with E-state index in [1.54, 1.807) is 0 Å². The molecule has 0 N–H and O–H groups in total. The Bertz CT molecular complexity index is 763. The van der Waals surface area contributed by atoms with Gasteiger partial charge in [0.25, 0.3) is 0 Å². The summed E-state index contributed by atoms with van der Waals surface area (Å²) in [5.41, 5.74) is 1.63. The molecule has 4 rings (SSSR count). The molecule has 19 heavy (non-hydrogen) atoms. The van der Waals surface area contributed by atoms with Gasteiger partial charge >= 0.3 is 0 Å². The monoisotopic (exact) mass is 252 g/mol. The van der Waals surface area contributed by atoms with Gasteiger partial charge in [0.15, 0.2) is 5.76 Å². The fraction of sp³-hybridized carbons (Fsp3) is 0.188. The zero-order chi connectivity index (χ0) is 13.2. The first-order chi connectivity index (χ1) is 9.07. The van der Waals surface area contributed by atoms with Crippen molar-refractivity contribution in [3.05, 3.63) is 53.3 Å². The number of hydrogen-bond acceptors (Lipinski definition) is 3. The van der Waals surface area contributed by atoms with Crippen molar-refractivity contribution < 1.29 is 14.3 Å². The highest BCUT2D eigenvalue weighted by Gasteiger charge is 2.42. The average Bonchev–Trinajstić information content (AvgIpc) is 2.72. The van der Waals surface area contributed by atoms with Gasteiger partial charge in [0.2, 0.25) is 17.3 Å².